The number of carbonyl (C=O) groups is 1. The lowest BCUT2D eigenvalue weighted by Gasteiger charge is -2.34. The third-order valence-electron chi connectivity index (χ3n) is 9.29. The predicted molar refractivity (Wildman–Crippen MR) is 176 cm³/mol. The Morgan fingerprint density at radius 2 is 1.85 bits per heavy atom. The Bertz CT molecular complexity index is 1620. The number of nitrogens with zero attached hydrogens (tertiary/aromatic N) is 7. The summed E-state index contributed by atoms with van der Waals surface area (Å²) in [6.07, 6.45) is 2.72. The van der Waals surface area contributed by atoms with E-state index in [1.807, 2.05) is 32.9 Å². The lowest BCUT2D eigenvalue weighted by atomic mass is 9.69. The van der Waals surface area contributed by atoms with E-state index in [0.29, 0.717) is 65.6 Å². The molecule has 2 fully saturated rings. The first-order chi connectivity index (χ1) is 21.8. The number of anilines is 2. The second-order valence-electron chi connectivity index (χ2n) is 14.0. The number of pyridine rings is 1. The summed E-state index contributed by atoms with van der Waals surface area (Å²) in [5.41, 5.74) is 7.11. The van der Waals surface area contributed by atoms with E-state index in [9.17, 15) is 10.1 Å². The molecule has 2 atom stereocenters. The second-order valence-corrected chi connectivity index (χ2v) is 15.1. The SMILES string of the molecule is CC1CCC(C)(c2nc(-c3cc(OC4CCN(C(=O)OC(C)(C)C)CC4)cc(N4CCN(C)CC4)n3)no2)c2c1sc(N)c2C#N. The highest BCUT2D eigenvalue weighted by molar-refractivity contribution is 7.16. The maximum Gasteiger partial charge on any atom is 0.410 e. The topological polar surface area (TPSA) is 147 Å². The molecule has 1 amide bonds. The second kappa shape index (κ2) is 12.4. The molecule has 2 N–H and O–H groups in total. The van der Waals surface area contributed by atoms with Crippen LogP contribution in [0, 0.1) is 11.3 Å². The molecule has 46 heavy (non-hydrogen) atoms. The monoisotopic (exact) mass is 648 g/mol. The van der Waals surface area contributed by atoms with E-state index in [1.165, 1.54) is 11.3 Å². The van der Waals surface area contributed by atoms with Gasteiger partial charge in [-0.2, -0.15) is 10.2 Å². The van der Waals surface area contributed by atoms with Crippen molar-refractivity contribution in [2.24, 2.45) is 0 Å². The van der Waals surface area contributed by atoms with E-state index in [0.717, 1.165) is 55.3 Å². The summed E-state index contributed by atoms with van der Waals surface area (Å²) in [7, 11) is 2.12. The van der Waals surface area contributed by atoms with Crippen LogP contribution in [0.2, 0.25) is 0 Å². The number of nitrogens with two attached hydrogens (primary N) is 1. The molecule has 246 valence electrons. The molecular formula is C33H44N8O4S. The van der Waals surface area contributed by atoms with Crippen molar-refractivity contribution in [1.29, 1.82) is 5.26 Å². The Balaban J connectivity index is 1.27. The van der Waals surface area contributed by atoms with E-state index in [2.05, 4.69) is 41.9 Å². The van der Waals surface area contributed by atoms with Gasteiger partial charge in [0.2, 0.25) is 11.7 Å². The van der Waals surface area contributed by atoms with Crippen molar-refractivity contribution in [3.63, 3.8) is 0 Å². The van der Waals surface area contributed by atoms with Crippen molar-refractivity contribution in [1.82, 2.24) is 24.9 Å². The number of nitrogen functional groups attached to an aromatic ring is 1. The van der Waals surface area contributed by atoms with Crippen LogP contribution in [-0.2, 0) is 10.2 Å². The molecule has 0 bridgehead atoms. The third kappa shape index (κ3) is 6.37. The lowest BCUT2D eigenvalue weighted by molar-refractivity contribution is 0.0126. The fourth-order valence-corrected chi connectivity index (χ4v) is 7.78. The van der Waals surface area contributed by atoms with E-state index >= 15 is 0 Å². The molecule has 0 saturated carbocycles. The van der Waals surface area contributed by atoms with Gasteiger partial charge in [0.05, 0.1) is 11.0 Å². The fraction of sp³-hybridized carbons (Fsp3) is 0.606. The maximum absolute atomic E-state index is 12.6. The molecule has 2 aliphatic heterocycles. The number of thiophene rings is 1. The number of piperazine rings is 1. The summed E-state index contributed by atoms with van der Waals surface area (Å²) in [6.45, 7) is 14.5. The summed E-state index contributed by atoms with van der Waals surface area (Å²) in [4.78, 5) is 29.9. The van der Waals surface area contributed by atoms with Crippen LogP contribution in [0.25, 0.3) is 11.5 Å². The minimum absolute atomic E-state index is 0.0647. The van der Waals surface area contributed by atoms with Gasteiger partial charge in [-0.15, -0.1) is 11.3 Å². The van der Waals surface area contributed by atoms with Crippen LogP contribution in [-0.4, -0.2) is 89.0 Å². The van der Waals surface area contributed by atoms with Gasteiger partial charge in [0.1, 0.15) is 40.0 Å². The lowest BCUT2D eigenvalue weighted by Crippen LogP contribution is -2.45. The van der Waals surface area contributed by atoms with Gasteiger partial charge in [-0.3, -0.25) is 0 Å². The van der Waals surface area contributed by atoms with Gasteiger partial charge in [-0.25, -0.2) is 9.78 Å². The Hall–Kier alpha value is -3.89. The van der Waals surface area contributed by atoms with Crippen molar-refractivity contribution >= 4 is 28.2 Å². The van der Waals surface area contributed by atoms with Gasteiger partial charge in [-0.1, -0.05) is 12.1 Å². The zero-order chi connectivity index (χ0) is 32.8. The first kappa shape index (κ1) is 32.1. The number of hydrogen-bond donors (Lipinski definition) is 1. The van der Waals surface area contributed by atoms with Crippen molar-refractivity contribution in [3.8, 4) is 23.3 Å². The van der Waals surface area contributed by atoms with E-state index in [4.69, 9.17) is 29.7 Å². The largest absolute Gasteiger partial charge is 0.490 e. The predicted octanol–water partition coefficient (Wildman–Crippen LogP) is 5.38. The van der Waals surface area contributed by atoms with E-state index in [1.54, 1.807) is 4.90 Å². The zero-order valence-electron chi connectivity index (χ0n) is 27.6. The number of rotatable bonds is 5. The summed E-state index contributed by atoms with van der Waals surface area (Å²) >= 11 is 1.49. The van der Waals surface area contributed by atoms with Crippen molar-refractivity contribution in [2.75, 3.05) is 56.9 Å². The van der Waals surface area contributed by atoms with Gasteiger partial charge in [0.25, 0.3) is 0 Å². The van der Waals surface area contributed by atoms with Crippen LogP contribution in [0.5, 0.6) is 5.75 Å². The Kier molecular flexibility index (Phi) is 8.63. The number of piperidine rings is 1. The van der Waals surface area contributed by atoms with Gasteiger partial charge < -0.3 is 34.4 Å². The Labute approximate surface area is 274 Å². The number of ether oxygens (including phenoxy) is 2. The molecule has 5 heterocycles. The molecule has 0 aromatic carbocycles. The number of likely N-dealkylation sites (tertiary alicyclic amines) is 1. The minimum Gasteiger partial charge on any atom is -0.490 e. The molecule has 1 aliphatic carbocycles. The summed E-state index contributed by atoms with van der Waals surface area (Å²) in [5, 5.41) is 14.9. The number of aromatic nitrogens is 3. The van der Waals surface area contributed by atoms with Gasteiger partial charge >= 0.3 is 6.09 Å². The number of amides is 1. The van der Waals surface area contributed by atoms with Crippen LogP contribution in [0.4, 0.5) is 15.6 Å². The van der Waals surface area contributed by atoms with E-state index in [-0.39, 0.29) is 12.2 Å². The number of nitriles is 1. The molecule has 3 aromatic rings. The molecule has 0 radical (unpaired) electrons. The number of carbonyl (C=O) groups excluding carboxylic acids is 1. The van der Waals surface area contributed by atoms with Crippen molar-refractivity contribution in [2.45, 2.75) is 83.3 Å². The Morgan fingerprint density at radius 1 is 1.13 bits per heavy atom. The first-order valence-electron chi connectivity index (χ1n) is 16.1. The molecular weight excluding hydrogens is 604 g/mol. The molecule has 3 aromatic heterocycles. The van der Waals surface area contributed by atoms with Gasteiger partial charge in [0, 0.05) is 74.7 Å². The molecule has 2 saturated heterocycles. The van der Waals surface area contributed by atoms with Crippen LogP contribution in [0.1, 0.15) is 88.1 Å². The molecule has 6 rings (SSSR count). The number of fused-ring (bicyclic) bond motifs is 1. The smallest absolute Gasteiger partial charge is 0.410 e. The highest BCUT2D eigenvalue weighted by Crippen LogP contribution is 2.52. The minimum atomic E-state index is -0.636. The van der Waals surface area contributed by atoms with Gasteiger partial charge in [0.15, 0.2) is 0 Å². The average molecular weight is 649 g/mol. The average Bonchev–Trinajstić information content (AvgIpc) is 3.65. The number of hydrogen-bond acceptors (Lipinski definition) is 12. The van der Waals surface area contributed by atoms with Crippen LogP contribution in [0.15, 0.2) is 16.7 Å². The van der Waals surface area contributed by atoms with Crippen LogP contribution < -0.4 is 15.4 Å². The Morgan fingerprint density at radius 3 is 2.52 bits per heavy atom. The summed E-state index contributed by atoms with van der Waals surface area (Å²) in [6, 6.07) is 6.18. The normalized spacial score (nSPS) is 22.8. The maximum atomic E-state index is 12.6. The highest BCUT2D eigenvalue weighted by Gasteiger charge is 2.45. The van der Waals surface area contributed by atoms with Crippen molar-refractivity contribution < 1.29 is 18.8 Å². The zero-order valence-corrected chi connectivity index (χ0v) is 28.4. The number of likely N-dealkylation sites (N-methyl/N-ethyl adjacent to an activating group) is 1. The molecule has 12 nitrogen and oxygen atoms in total. The van der Waals surface area contributed by atoms with Gasteiger partial charge in [-0.05, 0) is 53.5 Å². The molecule has 2 unspecified atom stereocenters. The van der Waals surface area contributed by atoms with Crippen LogP contribution in [0.3, 0.4) is 0 Å². The van der Waals surface area contributed by atoms with Crippen LogP contribution >= 0.6 is 11.3 Å². The third-order valence-corrected chi connectivity index (χ3v) is 10.5. The van der Waals surface area contributed by atoms with Crippen molar-refractivity contribution in [3.05, 3.63) is 34.0 Å². The summed E-state index contributed by atoms with van der Waals surface area (Å²) in [5.74, 6) is 2.61. The fourth-order valence-electron chi connectivity index (χ4n) is 6.55. The first-order valence-corrected chi connectivity index (χ1v) is 16.9. The molecule has 3 aliphatic rings. The standard InChI is InChI=1S/C33H44N8O4S/c1-20-7-10-33(5,26-23(19-34)28(35)46-27(20)26)30-37-29(38-45-30)24-17-22(18-25(36-24)40-15-13-39(6)14-16-40)43-21-8-11-41(12-9-21)31(42)44-32(2,3)4/h17-18,20-21H,7-16,35H2,1-6H3. The quantitative estimate of drug-likeness (QED) is 0.380. The highest BCUT2D eigenvalue weighted by atomic mass is 32.1. The molecule has 13 heteroatoms. The molecule has 0 spiro atoms. The van der Waals surface area contributed by atoms with E-state index < -0.39 is 11.0 Å². The summed E-state index contributed by atoms with van der Waals surface area (Å²) < 4.78 is 18.1.